The molecule has 4 nitrogen and oxygen atoms in total. The number of ether oxygens (including phenoxy) is 1. The summed E-state index contributed by atoms with van der Waals surface area (Å²) in [6, 6.07) is 11.4. The standard InChI is InChI=1S/C16H13ClN2O2/c17-12-3-1-2-10(8-12)9-20-14-7-6-13-15(11-4-5-11)19-21-16(13)18-14/h1-3,6-8,11H,4-5,9H2. The lowest BCUT2D eigenvalue weighted by Crippen LogP contribution is -1.97. The number of hydrogen-bond acceptors (Lipinski definition) is 4. The fourth-order valence-electron chi connectivity index (χ4n) is 2.35. The summed E-state index contributed by atoms with van der Waals surface area (Å²) in [7, 11) is 0. The van der Waals surface area contributed by atoms with Gasteiger partial charge in [0, 0.05) is 17.0 Å². The maximum atomic E-state index is 5.95. The van der Waals surface area contributed by atoms with Gasteiger partial charge < -0.3 is 9.26 Å². The lowest BCUT2D eigenvalue weighted by molar-refractivity contribution is 0.293. The maximum Gasteiger partial charge on any atom is 0.261 e. The molecule has 0 spiro atoms. The van der Waals surface area contributed by atoms with Gasteiger partial charge in [-0.3, -0.25) is 0 Å². The number of halogens is 1. The van der Waals surface area contributed by atoms with Crippen LogP contribution in [0.4, 0.5) is 0 Å². The van der Waals surface area contributed by atoms with E-state index in [1.54, 1.807) is 0 Å². The van der Waals surface area contributed by atoms with Crippen LogP contribution in [0.5, 0.6) is 5.88 Å². The Morgan fingerprint density at radius 2 is 2.14 bits per heavy atom. The summed E-state index contributed by atoms with van der Waals surface area (Å²) in [6.07, 6.45) is 2.38. The van der Waals surface area contributed by atoms with E-state index in [0.29, 0.717) is 29.1 Å². The third-order valence-electron chi connectivity index (χ3n) is 3.58. The van der Waals surface area contributed by atoms with Crippen LogP contribution in [0.1, 0.15) is 30.0 Å². The smallest absolute Gasteiger partial charge is 0.261 e. The normalized spacial score (nSPS) is 14.5. The van der Waals surface area contributed by atoms with Crippen molar-refractivity contribution < 1.29 is 9.26 Å². The minimum Gasteiger partial charge on any atom is -0.473 e. The molecule has 1 aliphatic carbocycles. The highest BCUT2D eigenvalue weighted by Crippen LogP contribution is 2.42. The van der Waals surface area contributed by atoms with E-state index < -0.39 is 0 Å². The number of rotatable bonds is 4. The second-order valence-electron chi connectivity index (χ2n) is 5.26. The van der Waals surface area contributed by atoms with E-state index in [4.69, 9.17) is 20.9 Å². The van der Waals surface area contributed by atoms with Crippen molar-refractivity contribution in [3.63, 3.8) is 0 Å². The first-order valence-corrected chi connectivity index (χ1v) is 7.31. The summed E-state index contributed by atoms with van der Waals surface area (Å²) in [5, 5.41) is 5.81. The molecule has 0 N–H and O–H groups in total. The second kappa shape index (κ2) is 5.04. The molecule has 5 heteroatoms. The molecule has 0 saturated heterocycles. The van der Waals surface area contributed by atoms with Gasteiger partial charge in [0.1, 0.15) is 6.61 Å². The Morgan fingerprint density at radius 1 is 1.24 bits per heavy atom. The number of nitrogens with zero attached hydrogens (tertiary/aromatic N) is 2. The van der Waals surface area contributed by atoms with Gasteiger partial charge in [-0.2, -0.15) is 4.98 Å². The van der Waals surface area contributed by atoms with E-state index in [9.17, 15) is 0 Å². The van der Waals surface area contributed by atoms with Crippen LogP contribution in [-0.2, 0) is 6.61 Å². The number of aromatic nitrogens is 2. The first kappa shape index (κ1) is 12.7. The zero-order valence-corrected chi connectivity index (χ0v) is 12.0. The average molecular weight is 301 g/mol. The quantitative estimate of drug-likeness (QED) is 0.719. The van der Waals surface area contributed by atoms with Gasteiger partial charge in [0.15, 0.2) is 0 Å². The van der Waals surface area contributed by atoms with Crippen LogP contribution in [0.3, 0.4) is 0 Å². The molecule has 1 aromatic carbocycles. The number of pyridine rings is 1. The Morgan fingerprint density at radius 3 is 2.95 bits per heavy atom. The van der Waals surface area contributed by atoms with Gasteiger partial charge in [0.05, 0.1) is 11.1 Å². The summed E-state index contributed by atoms with van der Waals surface area (Å²) < 4.78 is 11.0. The zero-order valence-electron chi connectivity index (χ0n) is 11.3. The molecule has 0 aliphatic heterocycles. The Labute approximate surface area is 126 Å². The van der Waals surface area contributed by atoms with Crippen LogP contribution >= 0.6 is 11.6 Å². The zero-order chi connectivity index (χ0) is 14.2. The lowest BCUT2D eigenvalue weighted by Gasteiger charge is -2.05. The molecule has 0 radical (unpaired) electrons. The Kier molecular flexibility index (Phi) is 3.04. The molecule has 1 fully saturated rings. The van der Waals surface area contributed by atoms with Gasteiger partial charge in [-0.1, -0.05) is 28.9 Å². The second-order valence-corrected chi connectivity index (χ2v) is 5.70. The molecule has 3 aromatic rings. The van der Waals surface area contributed by atoms with Crippen molar-refractivity contribution in [2.75, 3.05) is 0 Å². The van der Waals surface area contributed by atoms with E-state index in [0.717, 1.165) is 16.6 Å². The minimum atomic E-state index is 0.419. The highest BCUT2D eigenvalue weighted by molar-refractivity contribution is 6.30. The van der Waals surface area contributed by atoms with Gasteiger partial charge in [-0.15, -0.1) is 0 Å². The first-order valence-electron chi connectivity index (χ1n) is 6.93. The fourth-order valence-corrected chi connectivity index (χ4v) is 2.56. The molecular formula is C16H13ClN2O2. The molecular weight excluding hydrogens is 288 g/mol. The lowest BCUT2D eigenvalue weighted by atomic mass is 10.2. The summed E-state index contributed by atoms with van der Waals surface area (Å²) >= 11 is 5.95. The van der Waals surface area contributed by atoms with Gasteiger partial charge in [0.25, 0.3) is 5.71 Å². The van der Waals surface area contributed by atoms with Crippen molar-refractivity contribution in [1.29, 1.82) is 0 Å². The van der Waals surface area contributed by atoms with Crippen LogP contribution in [0.25, 0.3) is 11.1 Å². The highest BCUT2D eigenvalue weighted by Gasteiger charge is 2.29. The van der Waals surface area contributed by atoms with E-state index in [-0.39, 0.29) is 0 Å². The van der Waals surface area contributed by atoms with Crippen molar-refractivity contribution >= 4 is 22.7 Å². The molecule has 1 aliphatic rings. The Balaban J connectivity index is 1.54. The van der Waals surface area contributed by atoms with E-state index in [1.165, 1.54) is 12.8 Å². The van der Waals surface area contributed by atoms with E-state index >= 15 is 0 Å². The van der Waals surface area contributed by atoms with Gasteiger partial charge in [0.2, 0.25) is 5.88 Å². The van der Waals surface area contributed by atoms with Crippen LogP contribution < -0.4 is 4.74 Å². The van der Waals surface area contributed by atoms with Crippen molar-refractivity contribution in [2.45, 2.75) is 25.4 Å². The van der Waals surface area contributed by atoms with Crippen molar-refractivity contribution in [3.8, 4) is 5.88 Å². The summed E-state index contributed by atoms with van der Waals surface area (Å²) in [5.41, 5.74) is 2.57. The minimum absolute atomic E-state index is 0.419. The molecule has 4 rings (SSSR count). The van der Waals surface area contributed by atoms with E-state index in [1.807, 2.05) is 36.4 Å². The van der Waals surface area contributed by atoms with Crippen LogP contribution in [-0.4, -0.2) is 10.1 Å². The maximum absolute atomic E-state index is 5.95. The molecule has 0 unspecified atom stereocenters. The third-order valence-corrected chi connectivity index (χ3v) is 3.82. The molecule has 0 amide bonds. The molecule has 2 aromatic heterocycles. The topological polar surface area (TPSA) is 48.2 Å². The van der Waals surface area contributed by atoms with Gasteiger partial charge in [-0.05, 0) is 36.6 Å². The van der Waals surface area contributed by atoms with Crippen molar-refractivity contribution in [1.82, 2.24) is 10.1 Å². The number of hydrogen-bond donors (Lipinski definition) is 0. The molecule has 2 heterocycles. The number of fused-ring (bicyclic) bond motifs is 1. The predicted molar refractivity (Wildman–Crippen MR) is 79.6 cm³/mol. The monoisotopic (exact) mass is 300 g/mol. The highest BCUT2D eigenvalue weighted by atomic mass is 35.5. The van der Waals surface area contributed by atoms with Crippen LogP contribution in [0.15, 0.2) is 40.9 Å². The predicted octanol–water partition coefficient (Wildman–Crippen LogP) is 4.33. The van der Waals surface area contributed by atoms with E-state index in [2.05, 4.69) is 10.1 Å². The van der Waals surface area contributed by atoms with Crippen LogP contribution in [0, 0.1) is 0 Å². The number of benzene rings is 1. The van der Waals surface area contributed by atoms with Crippen LogP contribution in [0.2, 0.25) is 5.02 Å². The molecule has 21 heavy (non-hydrogen) atoms. The fraction of sp³-hybridized carbons (Fsp3) is 0.250. The Hall–Kier alpha value is -2.07. The molecule has 1 saturated carbocycles. The largest absolute Gasteiger partial charge is 0.473 e. The Bertz CT molecular complexity index is 796. The van der Waals surface area contributed by atoms with Crippen molar-refractivity contribution in [2.24, 2.45) is 0 Å². The first-order chi connectivity index (χ1) is 10.3. The van der Waals surface area contributed by atoms with Gasteiger partial charge >= 0.3 is 0 Å². The molecule has 0 atom stereocenters. The summed E-state index contributed by atoms with van der Waals surface area (Å²) in [4.78, 5) is 4.36. The average Bonchev–Trinajstić information content (AvgIpc) is 3.25. The third kappa shape index (κ3) is 2.59. The molecule has 106 valence electrons. The SMILES string of the molecule is Clc1cccc(COc2ccc3c(C4CC4)noc3n2)c1. The molecule has 0 bridgehead atoms. The van der Waals surface area contributed by atoms with Gasteiger partial charge in [-0.25, -0.2) is 0 Å². The summed E-state index contributed by atoms with van der Waals surface area (Å²) in [5.74, 6) is 1.08. The van der Waals surface area contributed by atoms with Crippen molar-refractivity contribution in [3.05, 3.63) is 52.7 Å². The summed E-state index contributed by atoms with van der Waals surface area (Å²) in [6.45, 7) is 0.419.